The highest BCUT2D eigenvalue weighted by molar-refractivity contribution is 7.15. The highest BCUT2D eigenvalue weighted by Gasteiger charge is 2.34. The summed E-state index contributed by atoms with van der Waals surface area (Å²) in [6.07, 6.45) is 6.80. The highest BCUT2D eigenvalue weighted by Crippen LogP contribution is 2.30. The molecule has 1 N–H and O–H groups in total. The topological polar surface area (TPSA) is 122 Å². The molecule has 2 aliphatic rings. The lowest BCUT2D eigenvalue weighted by Gasteiger charge is -2.42. The number of piperidine rings is 1. The Kier molecular flexibility index (Phi) is 7.83. The van der Waals surface area contributed by atoms with Crippen molar-refractivity contribution in [3.63, 3.8) is 0 Å². The molecule has 1 aliphatic heterocycles. The lowest BCUT2D eigenvalue weighted by Crippen LogP contribution is -2.53. The van der Waals surface area contributed by atoms with Crippen molar-refractivity contribution in [1.29, 1.82) is 0 Å². The van der Waals surface area contributed by atoms with Crippen LogP contribution in [0.25, 0.3) is 4.96 Å². The second kappa shape index (κ2) is 11.3. The molecule has 4 heterocycles. The zero-order valence-corrected chi connectivity index (χ0v) is 23.4. The number of fused-ring (bicyclic) bond motifs is 1. The summed E-state index contributed by atoms with van der Waals surface area (Å²) in [5.41, 5.74) is -0.172. The summed E-state index contributed by atoms with van der Waals surface area (Å²) in [6, 6.07) is 4.99. The van der Waals surface area contributed by atoms with Crippen LogP contribution < -0.4 is 15.8 Å². The first-order chi connectivity index (χ1) is 18.7. The molecule has 0 unspecified atom stereocenters. The summed E-state index contributed by atoms with van der Waals surface area (Å²) in [4.78, 5) is 46.7. The largest absolute Gasteiger partial charge is 0.444 e. The van der Waals surface area contributed by atoms with Crippen molar-refractivity contribution in [2.75, 3.05) is 24.5 Å². The third kappa shape index (κ3) is 6.55. The average Bonchev–Trinajstić information content (AvgIpc) is 3.35. The molecule has 0 spiro atoms. The minimum Gasteiger partial charge on any atom is -0.444 e. The van der Waals surface area contributed by atoms with Gasteiger partial charge >= 0.3 is 6.09 Å². The van der Waals surface area contributed by atoms with Crippen molar-refractivity contribution in [2.24, 2.45) is 5.92 Å². The minimum absolute atomic E-state index is 0.0483. The lowest BCUT2D eigenvalue weighted by molar-refractivity contribution is 0.00732. The van der Waals surface area contributed by atoms with E-state index in [1.165, 1.54) is 28.2 Å². The Balaban J connectivity index is 1.20. The third-order valence-corrected chi connectivity index (χ3v) is 7.90. The number of carbonyl (C=O) groups excluding carboxylic acids is 2. The Morgan fingerprint density at radius 1 is 1.18 bits per heavy atom. The van der Waals surface area contributed by atoms with E-state index in [2.05, 4.69) is 25.4 Å². The molecule has 1 atom stereocenters. The van der Waals surface area contributed by atoms with E-state index in [0.717, 1.165) is 44.6 Å². The molecule has 3 aromatic rings. The maximum absolute atomic E-state index is 13.1. The molecule has 1 saturated heterocycles. The number of anilines is 1. The van der Waals surface area contributed by atoms with Crippen LogP contribution in [-0.4, -0.2) is 67.8 Å². The van der Waals surface area contributed by atoms with Crippen LogP contribution in [0.4, 0.5) is 10.6 Å². The van der Waals surface area contributed by atoms with Gasteiger partial charge < -0.3 is 19.9 Å². The zero-order chi connectivity index (χ0) is 27.6. The fourth-order valence-corrected chi connectivity index (χ4v) is 5.62. The van der Waals surface area contributed by atoms with Gasteiger partial charge in [0.25, 0.3) is 11.5 Å². The fourth-order valence-electron chi connectivity index (χ4n) is 4.90. The average molecular weight is 554 g/mol. The first-order valence-electron chi connectivity index (χ1n) is 13.5. The molecule has 39 heavy (non-hydrogen) atoms. The predicted octanol–water partition coefficient (Wildman–Crippen LogP) is 3.48. The lowest BCUT2D eigenvalue weighted by atomic mass is 9.84. The summed E-state index contributed by atoms with van der Waals surface area (Å²) in [7, 11) is 0. The van der Waals surface area contributed by atoms with E-state index in [1.807, 2.05) is 37.8 Å². The summed E-state index contributed by atoms with van der Waals surface area (Å²) in [5, 5.41) is 13.2. The number of thiazole rings is 1. The number of carbonyl (C=O) groups is 2. The van der Waals surface area contributed by atoms with Gasteiger partial charge in [-0.3, -0.25) is 14.0 Å². The van der Waals surface area contributed by atoms with Gasteiger partial charge in [0.1, 0.15) is 11.3 Å². The summed E-state index contributed by atoms with van der Waals surface area (Å²) < 4.78 is 7.16. The molecular weight excluding hydrogens is 518 g/mol. The Bertz CT molecular complexity index is 1380. The van der Waals surface area contributed by atoms with Crippen LogP contribution >= 0.6 is 11.3 Å². The number of hydrogen-bond donors (Lipinski definition) is 1. The van der Waals surface area contributed by atoms with Crippen molar-refractivity contribution < 1.29 is 14.3 Å². The van der Waals surface area contributed by atoms with Crippen molar-refractivity contribution in [1.82, 2.24) is 29.8 Å². The van der Waals surface area contributed by atoms with Gasteiger partial charge in [0, 0.05) is 37.3 Å². The van der Waals surface area contributed by atoms with Gasteiger partial charge in [-0.15, -0.1) is 16.4 Å². The minimum atomic E-state index is -0.539. The summed E-state index contributed by atoms with van der Waals surface area (Å²) >= 11 is 1.29. The van der Waals surface area contributed by atoms with Crippen molar-refractivity contribution >= 4 is 34.1 Å². The Morgan fingerprint density at radius 3 is 2.69 bits per heavy atom. The van der Waals surface area contributed by atoms with E-state index in [1.54, 1.807) is 11.6 Å². The van der Waals surface area contributed by atoms with Crippen LogP contribution in [0.3, 0.4) is 0 Å². The molecule has 5 rings (SSSR count). The van der Waals surface area contributed by atoms with Crippen LogP contribution in [0, 0.1) is 5.92 Å². The molecule has 11 nitrogen and oxygen atoms in total. The molecule has 208 valence electrons. The standard InChI is InChI=1S/C27H35N7O4S/c1-27(2,3)38-26(37)34(16-18-6-4-7-18)20-8-5-11-32(17-20)22-10-9-19(30-31-22)15-28-24(36)21-14-23(35)33-12-13-39-25(33)29-21/h9-10,12-14,18,20H,4-8,11,15-17H2,1-3H3,(H,28,36)/t20-/m1/s1. The van der Waals surface area contributed by atoms with Crippen molar-refractivity contribution in [3.05, 3.63) is 51.5 Å². The number of nitrogens with one attached hydrogen (secondary N) is 1. The van der Waals surface area contributed by atoms with Crippen LogP contribution in [0.15, 0.2) is 34.6 Å². The number of hydrogen-bond acceptors (Lipinski definition) is 9. The van der Waals surface area contributed by atoms with Crippen LogP contribution in [0.5, 0.6) is 0 Å². The van der Waals surface area contributed by atoms with Crippen LogP contribution in [0.2, 0.25) is 0 Å². The van der Waals surface area contributed by atoms with E-state index in [0.29, 0.717) is 23.1 Å². The van der Waals surface area contributed by atoms with Crippen LogP contribution in [0.1, 0.15) is 69.1 Å². The van der Waals surface area contributed by atoms with Gasteiger partial charge in [-0.05, 0) is 64.5 Å². The van der Waals surface area contributed by atoms with E-state index < -0.39 is 11.5 Å². The Labute approximate surface area is 231 Å². The molecule has 2 amide bonds. The molecule has 0 radical (unpaired) electrons. The maximum atomic E-state index is 13.1. The summed E-state index contributed by atoms with van der Waals surface area (Å²) in [5.74, 6) is 0.838. The molecule has 1 saturated carbocycles. The molecular formula is C27H35N7O4S. The monoisotopic (exact) mass is 553 g/mol. The Morgan fingerprint density at radius 2 is 2.00 bits per heavy atom. The third-order valence-electron chi connectivity index (χ3n) is 7.14. The molecule has 3 aromatic heterocycles. The van der Waals surface area contributed by atoms with Gasteiger partial charge in [-0.25, -0.2) is 9.78 Å². The second-order valence-corrected chi connectivity index (χ2v) is 12.1. The second-order valence-electron chi connectivity index (χ2n) is 11.3. The van der Waals surface area contributed by atoms with E-state index >= 15 is 0 Å². The first-order valence-corrected chi connectivity index (χ1v) is 14.4. The highest BCUT2D eigenvalue weighted by atomic mass is 32.1. The van der Waals surface area contributed by atoms with Gasteiger partial charge in [0.2, 0.25) is 0 Å². The molecule has 2 fully saturated rings. The Hall–Kier alpha value is -3.54. The van der Waals surface area contributed by atoms with Gasteiger partial charge in [-0.2, -0.15) is 5.10 Å². The smallest absolute Gasteiger partial charge is 0.410 e. The molecule has 0 bridgehead atoms. The fraction of sp³-hybridized carbons (Fsp3) is 0.556. The number of nitrogens with zero attached hydrogens (tertiary/aromatic N) is 6. The molecule has 1 aliphatic carbocycles. The number of ether oxygens (including phenoxy) is 1. The summed E-state index contributed by atoms with van der Waals surface area (Å²) in [6.45, 7) is 8.10. The number of amides is 2. The normalized spacial score (nSPS) is 18.0. The first kappa shape index (κ1) is 27.0. The van der Waals surface area contributed by atoms with Crippen LogP contribution in [-0.2, 0) is 11.3 Å². The predicted molar refractivity (Wildman–Crippen MR) is 148 cm³/mol. The number of rotatable bonds is 7. The molecule has 12 heteroatoms. The SMILES string of the molecule is CC(C)(C)OC(=O)N(CC1CCC1)[C@@H]1CCCN(c2ccc(CNC(=O)c3cc(=O)n4ccsc4n3)nn2)C1. The van der Waals surface area contributed by atoms with Crippen molar-refractivity contribution in [3.8, 4) is 0 Å². The van der Waals surface area contributed by atoms with E-state index in [4.69, 9.17) is 4.74 Å². The molecule has 0 aromatic carbocycles. The quantitative estimate of drug-likeness (QED) is 0.472. The van der Waals surface area contributed by atoms with E-state index in [9.17, 15) is 14.4 Å². The number of aromatic nitrogens is 4. The maximum Gasteiger partial charge on any atom is 0.410 e. The van der Waals surface area contributed by atoms with E-state index in [-0.39, 0.29) is 29.9 Å². The van der Waals surface area contributed by atoms with Crippen molar-refractivity contribution in [2.45, 2.75) is 71.1 Å². The zero-order valence-electron chi connectivity index (χ0n) is 22.6. The van der Waals surface area contributed by atoms with Gasteiger partial charge in [0.15, 0.2) is 10.8 Å². The van der Waals surface area contributed by atoms with Gasteiger partial charge in [-0.1, -0.05) is 6.42 Å². The van der Waals surface area contributed by atoms with Gasteiger partial charge in [0.05, 0.1) is 18.3 Å².